The van der Waals surface area contributed by atoms with Crippen LogP contribution in [-0.4, -0.2) is 30.6 Å². The van der Waals surface area contributed by atoms with Gasteiger partial charge >= 0.3 is 6.03 Å². The van der Waals surface area contributed by atoms with Crippen LogP contribution in [0.1, 0.15) is 24.2 Å². The number of urea groups is 1. The van der Waals surface area contributed by atoms with E-state index >= 15 is 0 Å². The van der Waals surface area contributed by atoms with Gasteiger partial charge in [-0.15, -0.1) is 0 Å². The number of aryl methyl sites for hydroxylation is 1. The first-order valence-electron chi connectivity index (χ1n) is 7.56. The molecule has 0 aliphatic rings. The number of pyridine rings is 1. The molecule has 0 unspecified atom stereocenters. The highest BCUT2D eigenvalue weighted by molar-refractivity contribution is 5.89. The van der Waals surface area contributed by atoms with E-state index in [1.54, 1.807) is 46.3 Å². The van der Waals surface area contributed by atoms with Crippen LogP contribution in [-0.2, 0) is 7.05 Å². The molecule has 0 saturated heterocycles. The van der Waals surface area contributed by atoms with Crippen molar-refractivity contribution >= 4 is 11.7 Å². The molecule has 1 atom stereocenters. The Morgan fingerprint density at radius 3 is 2.67 bits per heavy atom. The van der Waals surface area contributed by atoms with Crippen molar-refractivity contribution < 1.29 is 4.79 Å². The summed E-state index contributed by atoms with van der Waals surface area (Å²) in [6, 6.07) is 4.96. The first-order valence-corrected chi connectivity index (χ1v) is 7.56. The predicted molar refractivity (Wildman–Crippen MR) is 89.9 cm³/mol. The maximum absolute atomic E-state index is 12.1. The van der Waals surface area contributed by atoms with Crippen LogP contribution in [0.2, 0.25) is 0 Å². The van der Waals surface area contributed by atoms with Gasteiger partial charge in [0.1, 0.15) is 0 Å². The van der Waals surface area contributed by atoms with Crippen molar-refractivity contribution in [3.05, 3.63) is 54.2 Å². The zero-order valence-electron chi connectivity index (χ0n) is 13.8. The van der Waals surface area contributed by atoms with Gasteiger partial charge < -0.3 is 10.6 Å². The summed E-state index contributed by atoms with van der Waals surface area (Å²) in [6.07, 6.45) is 6.85. The lowest BCUT2D eigenvalue weighted by molar-refractivity contribution is 0.249. The van der Waals surface area contributed by atoms with Crippen molar-refractivity contribution in [3.8, 4) is 5.82 Å². The van der Waals surface area contributed by atoms with Crippen molar-refractivity contribution in [2.75, 3.05) is 5.32 Å². The third-order valence-corrected chi connectivity index (χ3v) is 3.83. The molecule has 0 aliphatic carbocycles. The molecule has 3 aromatic rings. The number of hydrogen-bond donors (Lipinski definition) is 2. The van der Waals surface area contributed by atoms with Gasteiger partial charge in [0.2, 0.25) is 0 Å². The second-order valence-corrected chi connectivity index (χ2v) is 5.48. The second-order valence-electron chi connectivity index (χ2n) is 5.48. The first-order chi connectivity index (χ1) is 11.5. The van der Waals surface area contributed by atoms with Crippen LogP contribution in [0.5, 0.6) is 0 Å². The fraction of sp³-hybridized carbons (Fsp3) is 0.250. The predicted octanol–water partition coefficient (Wildman–Crippen LogP) is 2.19. The van der Waals surface area contributed by atoms with Crippen molar-refractivity contribution in [3.63, 3.8) is 0 Å². The maximum Gasteiger partial charge on any atom is 0.319 e. The van der Waals surface area contributed by atoms with E-state index < -0.39 is 0 Å². The zero-order valence-corrected chi connectivity index (χ0v) is 13.8. The molecule has 8 nitrogen and oxygen atoms in total. The molecular formula is C16H19N7O. The normalized spacial score (nSPS) is 12.0. The molecule has 0 saturated carbocycles. The molecule has 0 radical (unpaired) electrons. The molecule has 24 heavy (non-hydrogen) atoms. The van der Waals surface area contributed by atoms with Crippen LogP contribution in [0.25, 0.3) is 5.82 Å². The van der Waals surface area contributed by atoms with Crippen molar-refractivity contribution in [2.45, 2.75) is 19.9 Å². The van der Waals surface area contributed by atoms with E-state index in [-0.39, 0.29) is 12.1 Å². The number of carbonyl (C=O) groups is 1. The van der Waals surface area contributed by atoms with E-state index in [0.29, 0.717) is 11.5 Å². The summed E-state index contributed by atoms with van der Waals surface area (Å²) in [5.41, 5.74) is 2.62. The summed E-state index contributed by atoms with van der Waals surface area (Å²) in [7, 11) is 1.87. The number of nitrogens with zero attached hydrogens (tertiary/aromatic N) is 5. The van der Waals surface area contributed by atoms with Gasteiger partial charge in [-0.05, 0) is 32.0 Å². The summed E-state index contributed by atoms with van der Waals surface area (Å²) in [4.78, 5) is 16.4. The molecule has 124 valence electrons. The van der Waals surface area contributed by atoms with E-state index in [2.05, 4.69) is 25.8 Å². The Balaban J connectivity index is 1.61. The average Bonchev–Trinajstić information content (AvgIpc) is 3.19. The molecule has 3 aromatic heterocycles. The molecule has 3 rings (SSSR count). The summed E-state index contributed by atoms with van der Waals surface area (Å²) in [6.45, 7) is 3.89. The van der Waals surface area contributed by atoms with Gasteiger partial charge in [0.05, 0.1) is 24.1 Å². The van der Waals surface area contributed by atoms with Gasteiger partial charge in [-0.1, -0.05) is 0 Å². The Bertz CT molecular complexity index is 821. The zero-order chi connectivity index (χ0) is 17.1. The van der Waals surface area contributed by atoms with E-state index in [1.807, 2.05) is 27.0 Å². The van der Waals surface area contributed by atoms with E-state index in [9.17, 15) is 4.79 Å². The summed E-state index contributed by atoms with van der Waals surface area (Å²) >= 11 is 0. The van der Waals surface area contributed by atoms with Gasteiger partial charge in [0.15, 0.2) is 5.82 Å². The largest absolute Gasteiger partial charge is 0.331 e. The van der Waals surface area contributed by atoms with Crippen LogP contribution in [0.15, 0.2) is 43.0 Å². The number of rotatable bonds is 4. The van der Waals surface area contributed by atoms with Crippen molar-refractivity contribution in [1.29, 1.82) is 0 Å². The smallest absolute Gasteiger partial charge is 0.319 e. The van der Waals surface area contributed by atoms with Crippen molar-refractivity contribution in [1.82, 2.24) is 29.9 Å². The number of hydrogen-bond acceptors (Lipinski definition) is 4. The minimum absolute atomic E-state index is 0.144. The molecule has 0 fully saturated rings. The highest BCUT2D eigenvalue weighted by Gasteiger charge is 2.14. The minimum Gasteiger partial charge on any atom is -0.331 e. The van der Waals surface area contributed by atoms with Crippen molar-refractivity contribution in [2.24, 2.45) is 7.05 Å². The fourth-order valence-electron chi connectivity index (χ4n) is 2.38. The Kier molecular flexibility index (Phi) is 4.28. The van der Waals surface area contributed by atoms with E-state index in [1.165, 1.54) is 0 Å². The fourth-order valence-corrected chi connectivity index (χ4v) is 2.38. The van der Waals surface area contributed by atoms with E-state index in [0.717, 1.165) is 11.3 Å². The maximum atomic E-state index is 12.1. The molecule has 8 heteroatoms. The molecule has 2 amide bonds. The Hall–Kier alpha value is -3.16. The first kappa shape index (κ1) is 15.7. The number of carbonyl (C=O) groups excluding carboxylic acids is 1. The topological polar surface area (TPSA) is 89.7 Å². The SMILES string of the molecule is Cc1c([C@H](C)NC(=O)Nc2ccc(-n3cccn3)nc2)cnn1C. The lowest BCUT2D eigenvalue weighted by Gasteiger charge is -2.14. The van der Waals surface area contributed by atoms with E-state index in [4.69, 9.17) is 0 Å². The highest BCUT2D eigenvalue weighted by atomic mass is 16.2. The van der Waals surface area contributed by atoms with Gasteiger partial charge in [-0.3, -0.25) is 4.68 Å². The standard InChI is InChI=1S/C16H19N7O/c1-11(14-10-19-22(3)12(14)2)20-16(24)21-13-5-6-15(17-9-13)23-8-4-7-18-23/h4-11H,1-3H3,(H2,20,21,24)/t11-/m0/s1. The van der Waals surface area contributed by atoms with Crippen LogP contribution in [0, 0.1) is 6.92 Å². The van der Waals surface area contributed by atoms with Crippen LogP contribution >= 0.6 is 0 Å². The molecule has 0 aromatic carbocycles. The molecule has 3 heterocycles. The number of amides is 2. The van der Waals surface area contributed by atoms with Gasteiger partial charge in [-0.2, -0.15) is 10.2 Å². The minimum atomic E-state index is -0.292. The summed E-state index contributed by atoms with van der Waals surface area (Å²) in [5, 5.41) is 14.0. The number of aromatic nitrogens is 5. The Labute approximate surface area is 139 Å². The van der Waals surface area contributed by atoms with Crippen LogP contribution in [0.3, 0.4) is 0 Å². The van der Waals surface area contributed by atoms with Gasteiger partial charge in [0.25, 0.3) is 0 Å². The van der Waals surface area contributed by atoms with Gasteiger partial charge in [-0.25, -0.2) is 14.5 Å². The lowest BCUT2D eigenvalue weighted by atomic mass is 10.1. The van der Waals surface area contributed by atoms with Crippen LogP contribution < -0.4 is 10.6 Å². The Morgan fingerprint density at radius 2 is 2.08 bits per heavy atom. The second kappa shape index (κ2) is 6.53. The highest BCUT2D eigenvalue weighted by Crippen LogP contribution is 2.16. The summed E-state index contributed by atoms with van der Waals surface area (Å²) < 4.78 is 3.43. The Morgan fingerprint density at radius 1 is 1.25 bits per heavy atom. The molecule has 0 aliphatic heterocycles. The quantitative estimate of drug-likeness (QED) is 0.769. The molecule has 0 bridgehead atoms. The third-order valence-electron chi connectivity index (χ3n) is 3.83. The lowest BCUT2D eigenvalue weighted by Crippen LogP contribution is -2.31. The molecule has 0 spiro atoms. The summed E-state index contributed by atoms with van der Waals surface area (Å²) in [5.74, 6) is 0.685. The number of anilines is 1. The van der Waals surface area contributed by atoms with Crippen LogP contribution in [0.4, 0.5) is 10.5 Å². The van der Waals surface area contributed by atoms with Gasteiger partial charge in [0, 0.05) is 30.7 Å². The molecule has 2 N–H and O–H groups in total. The molecular weight excluding hydrogens is 306 g/mol. The monoisotopic (exact) mass is 325 g/mol. The third kappa shape index (κ3) is 3.27. The number of nitrogens with one attached hydrogen (secondary N) is 2. The average molecular weight is 325 g/mol.